The molecule has 2 nitrogen and oxygen atoms in total. The summed E-state index contributed by atoms with van der Waals surface area (Å²) >= 11 is 0. The molecule has 2 heterocycles. The van der Waals surface area contributed by atoms with Crippen LogP contribution in [0.25, 0.3) is 11.4 Å². The van der Waals surface area contributed by atoms with Crippen LogP contribution in [-0.4, -0.2) is 9.97 Å². The minimum atomic E-state index is 0. The standard InChI is InChI=1S/C18H23N2.Ni/c1-17(2,3)13-7-9-19-15(11-13)16-12-14(8-10-20-16)18(4,5)6;/h7-11H,1-6H3;/q-1;. The first-order valence-electron chi connectivity index (χ1n) is 7.03. The third kappa shape index (κ3) is 4.38. The first-order chi connectivity index (χ1) is 9.18. The average molecular weight is 326 g/mol. The van der Waals surface area contributed by atoms with Crippen LogP contribution in [-0.2, 0) is 27.3 Å². The van der Waals surface area contributed by atoms with Crippen molar-refractivity contribution in [2.75, 3.05) is 0 Å². The molecule has 0 amide bonds. The van der Waals surface area contributed by atoms with Crippen molar-refractivity contribution in [2.45, 2.75) is 52.4 Å². The minimum absolute atomic E-state index is 0. The van der Waals surface area contributed by atoms with Crippen LogP contribution in [0.15, 0.2) is 30.6 Å². The second-order valence-corrected chi connectivity index (χ2v) is 7.26. The molecule has 0 radical (unpaired) electrons. The number of rotatable bonds is 1. The van der Waals surface area contributed by atoms with E-state index in [2.05, 4.69) is 69.7 Å². The zero-order valence-electron chi connectivity index (χ0n) is 13.6. The molecule has 3 heteroatoms. The number of pyridine rings is 2. The van der Waals surface area contributed by atoms with Crippen molar-refractivity contribution < 1.29 is 16.5 Å². The van der Waals surface area contributed by atoms with Gasteiger partial charge in [-0.15, -0.1) is 6.07 Å². The minimum Gasteiger partial charge on any atom is -0.318 e. The summed E-state index contributed by atoms with van der Waals surface area (Å²) in [5, 5.41) is 0. The largest absolute Gasteiger partial charge is 0.318 e. The van der Waals surface area contributed by atoms with E-state index in [1.54, 1.807) is 0 Å². The van der Waals surface area contributed by atoms with Crippen molar-refractivity contribution >= 4 is 0 Å². The maximum Gasteiger partial charge on any atom is 0.0128 e. The van der Waals surface area contributed by atoms with Crippen molar-refractivity contribution in [1.82, 2.24) is 9.97 Å². The fourth-order valence-corrected chi connectivity index (χ4v) is 1.98. The molecule has 0 aliphatic heterocycles. The molecular formula is C18H23N2Ni-. The van der Waals surface area contributed by atoms with Gasteiger partial charge in [0.25, 0.3) is 0 Å². The summed E-state index contributed by atoms with van der Waals surface area (Å²) in [5.41, 5.74) is 4.31. The van der Waals surface area contributed by atoms with E-state index < -0.39 is 0 Å². The molecule has 21 heavy (non-hydrogen) atoms. The van der Waals surface area contributed by atoms with Crippen molar-refractivity contribution in [1.29, 1.82) is 0 Å². The van der Waals surface area contributed by atoms with E-state index in [1.807, 2.05) is 18.5 Å². The second kappa shape index (κ2) is 6.27. The van der Waals surface area contributed by atoms with E-state index in [0.717, 1.165) is 17.0 Å². The molecular weight excluding hydrogens is 303 g/mol. The summed E-state index contributed by atoms with van der Waals surface area (Å²) in [6.45, 7) is 13.2. The van der Waals surface area contributed by atoms with Gasteiger partial charge < -0.3 is 4.98 Å². The maximum atomic E-state index is 4.45. The molecule has 0 unspecified atom stereocenters. The van der Waals surface area contributed by atoms with Gasteiger partial charge in [-0.1, -0.05) is 53.2 Å². The van der Waals surface area contributed by atoms with Crippen LogP contribution < -0.4 is 0 Å². The van der Waals surface area contributed by atoms with Crippen LogP contribution in [0.4, 0.5) is 0 Å². The molecule has 2 aromatic heterocycles. The Kier molecular flexibility index (Phi) is 5.33. The molecule has 0 aliphatic carbocycles. The van der Waals surface area contributed by atoms with Crippen molar-refractivity contribution in [3.05, 3.63) is 47.8 Å². The summed E-state index contributed by atoms with van der Waals surface area (Å²) in [6, 6.07) is 9.61. The van der Waals surface area contributed by atoms with Crippen LogP contribution in [0.5, 0.6) is 0 Å². The second-order valence-electron chi connectivity index (χ2n) is 7.26. The van der Waals surface area contributed by atoms with Gasteiger partial charge in [-0.3, -0.25) is 4.98 Å². The maximum absolute atomic E-state index is 4.45. The van der Waals surface area contributed by atoms with Gasteiger partial charge in [0.05, 0.1) is 0 Å². The Bertz CT molecular complexity index is 552. The Balaban J connectivity index is 0.00000220. The molecule has 0 saturated heterocycles. The van der Waals surface area contributed by atoms with E-state index in [4.69, 9.17) is 0 Å². The zero-order chi connectivity index (χ0) is 15.0. The van der Waals surface area contributed by atoms with Crippen molar-refractivity contribution in [3.63, 3.8) is 0 Å². The molecule has 0 saturated carbocycles. The molecule has 2 rings (SSSR count). The average Bonchev–Trinajstić information content (AvgIpc) is 2.37. The first-order valence-corrected chi connectivity index (χ1v) is 7.03. The van der Waals surface area contributed by atoms with Crippen LogP contribution in [0.3, 0.4) is 0 Å². The summed E-state index contributed by atoms with van der Waals surface area (Å²) < 4.78 is 0. The Hall–Kier alpha value is -1.21. The fourth-order valence-electron chi connectivity index (χ4n) is 1.98. The fraction of sp³-hybridized carbons (Fsp3) is 0.444. The van der Waals surface area contributed by atoms with Gasteiger partial charge >= 0.3 is 0 Å². The predicted octanol–water partition coefficient (Wildman–Crippen LogP) is 4.54. The Morgan fingerprint density at radius 1 is 0.857 bits per heavy atom. The summed E-state index contributed by atoms with van der Waals surface area (Å²) in [4.78, 5) is 8.88. The molecule has 0 fully saturated rings. The first kappa shape index (κ1) is 17.8. The molecule has 0 spiro atoms. The molecule has 0 N–H and O–H groups in total. The predicted molar refractivity (Wildman–Crippen MR) is 83.7 cm³/mol. The number of nitrogens with zero attached hydrogens (tertiary/aromatic N) is 2. The van der Waals surface area contributed by atoms with E-state index in [-0.39, 0.29) is 27.3 Å². The van der Waals surface area contributed by atoms with Gasteiger partial charge in [-0.25, -0.2) is 0 Å². The van der Waals surface area contributed by atoms with E-state index in [0.29, 0.717) is 0 Å². The van der Waals surface area contributed by atoms with Crippen molar-refractivity contribution in [3.8, 4) is 11.4 Å². The number of hydrogen-bond acceptors (Lipinski definition) is 2. The van der Waals surface area contributed by atoms with Crippen LogP contribution in [0.2, 0.25) is 0 Å². The van der Waals surface area contributed by atoms with Crippen LogP contribution >= 0.6 is 0 Å². The van der Waals surface area contributed by atoms with Gasteiger partial charge in [0.2, 0.25) is 0 Å². The third-order valence-electron chi connectivity index (χ3n) is 3.37. The Labute approximate surface area is 138 Å². The smallest absolute Gasteiger partial charge is 0.0128 e. The topological polar surface area (TPSA) is 25.8 Å². The SMILES string of the molecule is CC(C)(C)c1[c-]c(-c2cc(C(C)(C)C)ccn2)ncc1.[Ni]. The molecule has 0 bridgehead atoms. The molecule has 0 aromatic carbocycles. The Morgan fingerprint density at radius 2 is 1.48 bits per heavy atom. The van der Waals surface area contributed by atoms with Crippen molar-refractivity contribution in [2.24, 2.45) is 0 Å². The molecule has 0 atom stereocenters. The van der Waals surface area contributed by atoms with Gasteiger partial charge in [0.1, 0.15) is 0 Å². The molecule has 116 valence electrons. The van der Waals surface area contributed by atoms with Gasteiger partial charge in [-0.2, -0.15) is 11.6 Å². The summed E-state index contributed by atoms with van der Waals surface area (Å²) in [6.07, 6.45) is 3.70. The quantitative estimate of drug-likeness (QED) is 0.568. The van der Waals surface area contributed by atoms with Crippen LogP contribution in [0, 0.1) is 6.07 Å². The summed E-state index contributed by atoms with van der Waals surface area (Å²) in [5.74, 6) is 0. The van der Waals surface area contributed by atoms with E-state index in [1.165, 1.54) is 5.56 Å². The van der Waals surface area contributed by atoms with Crippen LogP contribution in [0.1, 0.15) is 52.7 Å². The molecule has 2 aromatic rings. The van der Waals surface area contributed by atoms with Gasteiger partial charge in [-0.05, 0) is 34.5 Å². The van der Waals surface area contributed by atoms with Gasteiger partial charge in [0, 0.05) is 22.7 Å². The Morgan fingerprint density at radius 3 is 2.05 bits per heavy atom. The monoisotopic (exact) mass is 325 g/mol. The zero-order valence-corrected chi connectivity index (χ0v) is 14.6. The van der Waals surface area contributed by atoms with E-state index >= 15 is 0 Å². The number of hydrogen-bond donors (Lipinski definition) is 0. The number of aromatic nitrogens is 2. The van der Waals surface area contributed by atoms with E-state index in [9.17, 15) is 0 Å². The third-order valence-corrected chi connectivity index (χ3v) is 3.37. The van der Waals surface area contributed by atoms with Gasteiger partial charge in [0.15, 0.2) is 0 Å². The molecule has 0 aliphatic rings. The summed E-state index contributed by atoms with van der Waals surface area (Å²) in [7, 11) is 0. The normalized spacial score (nSPS) is 11.9.